The molecule has 0 aliphatic heterocycles. The van der Waals surface area contributed by atoms with E-state index in [0.717, 1.165) is 11.3 Å². The standard InChI is InChI=1S/C9H13N5O/c1-6-5-14(2)12-8(6)9-11-7(3-4-10)13-15-9/h5H,3-4,10H2,1-2H3. The lowest BCUT2D eigenvalue weighted by Gasteiger charge is -1.87. The molecule has 0 spiro atoms. The topological polar surface area (TPSA) is 82.8 Å². The fourth-order valence-electron chi connectivity index (χ4n) is 1.40. The van der Waals surface area contributed by atoms with Crippen LogP contribution in [0.4, 0.5) is 0 Å². The molecule has 15 heavy (non-hydrogen) atoms. The lowest BCUT2D eigenvalue weighted by atomic mass is 10.3. The zero-order chi connectivity index (χ0) is 10.8. The van der Waals surface area contributed by atoms with E-state index in [0.29, 0.717) is 24.7 Å². The van der Waals surface area contributed by atoms with E-state index in [4.69, 9.17) is 10.3 Å². The molecule has 0 aliphatic rings. The van der Waals surface area contributed by atoms with Gasteiger partial charge in [-0.2, -0.15) is 10.1 Å². The Morgan fingerprint density at radius 1 is 1.53 bits per heavy atom. The first-order chi connectivity index (χ1) is 7.20. The molecule has 0 atom stereocenters. The summed E-state index contributed by atoms with van der Waals surface area (Å²) in [4.78, 5) is 4.21. The molecule has 0 amide bonds. The number of rotatable bonds is 3. The van der Waals surface area contributed by atoms with Crippen LogP contribution >= 0.6 is 0 Å². The van der Waals surface area contributed by atoms with Crippen molar-refractivity contribution in [1.82, 2.24) is 19.9 Å². The number of nitrogens with two attached hydrogens (primary N) is 1. The smallest absolute Gasteiger partial charge is 0.278 e. The molecule has 0 fully saturated rings. The van der Waals surface area contributed by atoms with Crippen molar-refractivity contribution >= 4 is 0 Å². The molecule has 0 saturated carbocycles. The third-order valence-corrected chi connectivity index (χ3v) is 2.05. The Morgan fingerprint density at radius 3 is 2.93 bits per heavy atom. The van der Waals surface area contributed by atoms with Crippen LogP contribution in [0.1, 0.15) is 11.4 Å². The van der Waals surface area contributed by atoms with Crippen LogP contribution in [-0.4, -0.2) is 26.5 Å². The van der Waals surface area contributed by atoms with Crippen LogP contribution in [0.25, 0.3) is 11.6 Å². The molecule has 0 aliphatic carbocycles. The van der Waals surface area contributed by atoms with Gasteiger partial charge in [0, 0.05) is 25.2 Å². The molecule has 0 aromatic carbocycles. The maximum atomic E-state index is 5.40. The molecule has 2 N–H and O–H groups in total. The van der Waals surface area contributed by atoms with E-state index in [9.17, 15) is 0 Å². The van der Waals surface area contributed by atoms with E-state index in [1.165, 1.54) is 0 Å². The summed E-state index contributed by atoms with van der Waals surface area (Å²) < 4.78 is 6.82. The molecule has 6 heteroatoms. The summed E-state index contributed by atoms with van der Waals surface area (Å²) in [7, 11) is 1.85. The summed E-state index contributed by atoms with van der Waals surface area (Å²) in [5.41, 5.74) is 7.15. The summed E-state index contributed by atoms with van der Waals surface area (Å²) in [5.74, 6) is 1.08. The number of hydrogen-bond donors (Lipinski definition) is 1. The highest BCUT2D eigenvalue weighted by Gasteiger charge is 2.13. The molecule has 6 nitrogen and oxygen atoms in total. The minimum Gasteiger partial charge on any atom is -0.332 e. The summed E-state index contributed by atoms with van der Waals surface area (Å²) in [6.07, 6.45) is 2.53. The van der Waals surface area contributed by atoms with Gasteiger partial charge >= 0.3 is 0 Å². The molecular weight excluding hydrogens is 194 g/mol. The molecule has 0 bridgehead atoms. The second kappa shape index (κ2) is 3.82. The maximum absolute atomic E-state index is 5.40. The van der Waals surface area contributed by atoms with Gasteiger partial charge < -0.3 is 10.3 Å². The summed E-state index contributed by atoms with van der Waals surface area (Å²) in [6.45, 7) is 2.47. The van der Waals surface area contributed by atoms with Crippen molar-refractivity contribution in [1.29, 1.82) is 0 Å². The second-order valence-corrected chi connectivity index (χ2v) is 3.39. The van der Waals surface area contributed by atoms with Crippen molar-refractivity contribution in [2.24, 2.45) is 12.8 Å². The van der Waals surface area contributed by atoms with Crippen molar-refractivity contribution in [2.45, 2.75) is 13.3 Å². The summed E-state index contributed by atoms with van der Waals surface area (Å²) in [5, 5.41) is 8.06. The van der Waals surface area contributed by atoms with Gasteiger partial charge in [-0.25, -0.2) is 0 Å². The van der Waals surface area contributed by atoms with E-state index in [1.807, 2.05) is 20.2 Å². The largest absolute Gasteiger partial charge is 0.332 e. The average Bonchev–Trinajstić information content (AvgIpc) is 2.73. The van der Waals surface area contributed by atoms with Gasteiger partial charge in [0.2, 0.25) is 0 Å². The van der Waals surface area contributed by atoms with Gasteiger partial charge in [0.15, 0.2) is 11.5 Å². The van der Waals surface area contributed by atoms with E-state index in [1.54, 1.807) is 4.68 Å². The Labute approximate surface area is 87.1 Å². The predicted molar refractivity (Wildman–Crippen MR) is 54.0 cm³/mol. The Morgan fingerprint density at radius 2 is 2.33 bits per heavy atom. The van der Waals surface area contributed by atoms with Crippen molar-refractivity contribution in [2.75, 3.05) is 6.54 Å². The highest BCUT2D eigenvalue weighted by molar-refractivity contribution is 5.51. The van der Waals surface area contributed by atoms with E-state index in [-0.39, 0.29) is 0 Å². The van der Waals surface area contributed by atoms with Gasteiger partial charge in [-0.3, -0.25) is 4.68 Å². The predicted octanol–water partition coefficient (Wildman–Crippen LogP) is 0.280. The molecule has 2 aromatic rings. The van der Waals surface area contributed by atoms with Gasteiger partial charge in [0.25, 0.3) is 5.89 Å². The van der Waals surface area contributed by atoms with Crippen LogP contribution in [0, 0.1) is 6.92 Å². The van der Waals surface area contributed by atoms with Crippen molar-refractivity contribution in [3.8, 4) is 11.6 Å². The first-order valence-corrected chi connectivity index (χ1v) is 4.74. The molecule has 80 valence electrons. The monoisotopic (exact) mass is 207 g/mol. The van der Waals surface area contributed by atoms with Crippen LogP contribution in [0.15, 0.2) is 10.7 Å². The van der Waals surface area contributed by atoms with Crippen LogP contribution < -0.4 is 5.73 Å². The minimum absolute atomic E-state index is 0.455. The second-order valence-electron chi connectivity index (χ2n) is 3.39. The van der Waals surface area contributed by atoms with Crippen LogP contribution in [-0.2, 0) is 13.5 Å². The maximum Gasteiger partial charge on any atom is 0.278 e. The minimum atomic E-state index is 0.455. The number of aromatic nitrogens is 4. The van der Waals surface area contributed by atoms with Crippen molar-refractivity contribution in [3.05, 3.63) is 17.6 Å². The van der Waals surface area contributed by atoms with Gasteiger partial charge in [-0.05, 0) is 13.5 Å². The Kier molecular flexibility index (Phi) is 2.51. The Bertz CT molecular complexity index is 459. The van der Waals surface area contributed by atoms with Gasteiger partial charge in [0.05, 0.1) is 0 Å². The first-order valence-electron chi connectivity index (χ1n) is 4.74. The Balaban J connectivity index is 2.32. The summed E-state index contributed by atoms with van der Waals surface area (Å²) >= 11 is 0. The zero-order valence-electron chi connectivity index (χ0n) is 8.77. The average molecular weight is 207 g/mol. The molecular formula is C9H13N5O. The lowest BCUT2D eigenvalue weighted by Crippen LogP contribution is -2.03. The number of aryl methyl sites for hydroxylation is 2. The molecule has 2 heterocycles. The normalized spacial score (nSPS) is 10.9. The number of hydrogen-bond acceptors (Lipinski definition) is 5. The molecule has 0 saturated heterocycles. The van der Waals surface area contributed by atoms with Crippen molar-refractivity contribution in [3.63, 3.8) is 0 Å². The Hall–Kier alpha value is -1.69. The third kappa shape index (κ3) is 1.89. The molecule has 2 rings (SSSR count). The van der Waals surface area contributed by atoms with Gasteiger partial charge in [0.1, 0.15) is 0 Å². The van der Waals surface area contributed by atoms with Crippen LogP contribution in [0.5, 0.6) is 0 Å². The first kappa shape index (κ1) is 9.85. The lowest BCUT2D eigenvalue weighted by molar-refractivity contribution is 0.421. The molecule has 2 aromatic heterocycles. The van der Waals surface area contributed by atoms with Crippen molar-refractivity contribution < 1.29 is 4.52 Å². The fraction of sp³-hybridized carbons (Fsp3) is 0.444. The zero-order valence-corrected chi connectivity index (χ0v) is 8.77. The molecule has 0 unspecified atom stereocenters. The van der Waals surface area contributed by atoms with E-state index < -0.39 is 0 Å². The quantitative estimate of drug-likeness (QED) is 0.781. The van der Waals surface area contributed by atoms with Crippen LogP contribution in [0.3, 0.4) is 0 Å². The summed E-state index contributed by atoms with van der Waals surface area (Å²) in [6, 6.07) is 0. The van der Waals surface area contributed by atoms with Crippen LogP contribution in [0.2, 0.25) is 0 Å². The fourth-order valence-corrected chi connectivity index (χ4v) is 1.40. The number of nitrogens with zero attached hydrogens (tertiary/aromatic N) is 4. The highest BCUT2D eigenvalue weighted by Crippen LogP contribution is 2.18. The van der Waals surface area contributed by atoms with Gasteiger partial charge in [-0.1, -0.05) is 5.16 Å². The molecule has 0 radical (unpaired) electrons. The van der Waals surface area contributed by atoms with E-state index in [2.05, 4.69) is 15.2 Å². The highest BCUT2D eigenvalue weighted by atomic mass is 16.5. The van der Waals surface area contributed by atoms with Gasteiger partial charge in [-0.15, -0.1) is 0 Å². The third-order valence-electron chi connectivity index (χ3n) is 2.05. The van der Waals surface area contributed by atoms with E-state index >= 15 is 0 Å². The SMILES string of the molecule is Cc1cn(C)nc1-c1nc(CCN)no1.